The molecule has 0 saturated heterocycles. The van der Waals surface area contributed by atoms with Crippen molar-refractivity contribution in [2.24, 2.45) is 8.91 Å². The summed E-state index contributed by atoms with van der Waals surface area (Å²) in [6.07, 6.45) is -4.32. The Morgan fingerprint density at radius 2 is 1.71 bits per heavy atom. The second-order valence-electron chi connectivity index (χ2n) is 4.70. The van der Waals surface area contributed by atoms with E-state index in [2.05, 4.69) is 3.50 Å². The molecule has 0 bridgehead atoms. The molecule has 1 aromatic rings. The predicted molar refractivity (Wildman–Crippen MR) is 59.1 cm³/mol. The first kappa shape index (κ1) is 14.4. The SMILES string of the molecule is CC(C)(C)[CH]=[Mo]=[N]c1ccccc1C(F)(F)F. The van der Waals surface area contributed by atoms with Gasteiger partial charge < -0.3 is 0 Å². The van der Waals surface area contributed by atoms with E-state index in [-0.39, 0.29) is 11.1 Å². The van der Waals surface area contributed by atoms with Crippen LogP contribution in [0.3, 0.4) is 0 Å². The zero-order valence-corrected chi connectivity index (χ0v) is 11.9. The van der Waals surface area contributed by atoms with Crippen LogP contribution in [0.5, 0.6) is 0 Å². The van der Waals surface area contributed by atoms with Crippen molar-refractivity contribution in [1.82, 2.24) is 0 Å². The van der Waals surface area contributed by atoms with Gasteiger partial charge in [-0.05, 0) is 0 Å². The molecule has 0 amide bonds. The molecule has 0 saturated carbocycles. The second kappa shape index (κ2) is 5.34. The van der Waals surface area contributed by atoms with E-state index in [1.807, 2.05) is 25.2 Å². The van der Waals surface area contributed by atoms with E-state index in [1.54, 1.807) is 6.07 Å². The fourth-order valence-electron chi connectivity index (χ4n) is 1.03. The van der Waals surface area contributed by atoms with Crippen molar-refractivity contribution >= 4 is 10.1 Å². The molecule has 0 aliphatic heterocycles. The summed E-state index contributed by atoms with van der Waals surface area (Å²) in [6, 6.07) is 5.46. The quantitative estimate of drug-likeness (QED) is 0.677. The number of hydrogen-bond donors (Lipinski definition) is 0. The third kappa shape index (κ3) is 5.03. The van der Waals surface area contributed by atoms with Gasteiger partial charge in [-0.15, -0.1) is 0 Å². The summed E-state index contributed by atoms with van der Waals surface area (Å²) in [7, 11) is 0. The molecule has 0 heterocycles. The van der Waals surface area contributed by atoms with E-state index in [0.29, 0.717) is 0 Å². The number of halogens is 3. The molecule has 0 spiro atoms. The first-order valence-electron chi connectivity index (χ1n) is 5.07. The fraction of sp³-hybridized carbons (Fsp3) is 0.417. The summed E-state index contributed by atoms with van der Waals surface area (Å²) in [5.41, 5.74) is -0.575. The molecule has 1 aromatic carbocycles. The Hall–Kier alpha value is -0.632. The number of rotatable bonds is 1. The summed E-state index contributed by atoms with van der Waals surface area (Å²) in [6.45, 7) is 6.05. The third-order valence-corrected chi connectivity index (χ3v) is 4.51. The van der Waals surface area contributed by atoms with Crippen molar-refractivity contribution in [3.63, 3.8) is 0 Å². The van der Waals surface area contributed by atoms with Gasteiger partial charge in [0.25, 0.3) is 0 Å². The Labute approximate surface area is 107 Å². The van der Waals surface area contributed by atoms with Crippen molar-refractivity contribution in [3.8, 4) is 0 Å². The average Bonchev–Trinajstić information content (AvgIpc) is 2.15. The van der Waals surface area contributed by atoms with Gasteiger partial charge in [-0.25, -0.2) is 0 Å². The molecule has 1 rings (SSSR count). The minimum absolute atomic E-state index is 0.0128. The number of alkyl halides is 3. The van der Waals surface area contributed by atoms with Crippen LogP contribution in [-0.2, 0) is 24.1 Å². The van der Waals surface area contributed by atoms with Crippen LogP contribution in [0.2, 0.25) is 0 Å². The second-order valence-corrected chi connectivity index (χ2v) is 6.24. The van der Waals surface area contributed by atoms with Gasteiger partial charge in [-0.1, -0.05) is 0 Å². The van der Waals surface area contributed by atoms with Crippen molar-refractivity contribution in [1.29, 1.82) is 0 Å². The summed E-state index contributed by atoms with van der Waals surface area (Å²) < 4.78 is 44.1. The molecule has 0 aromatic heterocycles. The first-order chi connectivity index (χ1) is 7.70. The maximum atomic E-state index is 12.7. The number of nitrogens with zero attached hydrogens (tertiary/aromatic N) is 1. The van der Waals surface area contributed by atoms with Crippen LogP contribution in [0.15, 0.2) is 27.8 Å². The normalized spacial score (nSPS) is 12.1. The Morgan fingerprint density at radius 1 is 1.12 bits per heavy atom. The molecular formula is C12H14F3MoN. The van der Waals surface area contributed by atoms with E-state index in [1.165, 1.54) is 12.1 Å². The monoisotopic (exact) mass is 327 g/mol. The molecule has 5 heteroatoms. The van der Waals surface area contributed by atoms with Crippen LogP contribution in [0.1, 0.15) is 26.3 Å². The molecule has 0 unspecified atom stereocenters. The van der Waals surface area contributed by atoms with E-state index in [4.69, 9.17) is 0 Å². The van der Waals surface area contributed by atoms with Gasteiger partial charge in [0.2, 0.25) is 0 Å². The Balaban J connectivity index is 3.13. The zero-order chi connectivity index (χ0) is 13.1. The Kier molecular flexibility index (Phi) is 4.54. The van der Waals surface area contributed by atoms with Gasteiger partial charge in [-0.3, -0.25) is 0 Å². The van der Waals surface area contributed by atoms with Crippen LogP contribution in [0.4, 0.5) is 18.9 Å². The van der Waals surface area contributed by atoms with Crippen LogP contribution < -0.4 is 0 Å². The summed E-state index contributed by atoms with van der Waals surface area (Å²) in [5.74, 6) is 0. The molecule has 1 nitrogen and oxygen atoms in total. The van der Waals surface area contributed by atoms with E-state index >= 15 is 0 Å². The van der Waals surface area contributed by atoms with Crippen molar-refractivity contribution < 1.29 is 31.1 Å². The van der Waals surface area contributed by atoms with Gasteiger partial charge in [0.05, 0.1) is 0 Å². The maximum absolute atomic E-state index is 12.7. The van der Waals surface area contributed by atoms with Crippen molar-refractivity contribution in [2.75, 3.05) is 0 Å². The van der Waals surface area contributed by atoms with E-state index in [9.17, 15) is 13.2 Å². The molecule has 0 aliphatic carbocycles. The number of hydrogen-bond acceptors (Lipinski definition) is 1. The summed E-state index contributed by atoms with van der Waals surface area (Å²) in [4.78, 5) is 0. The van der Waals surface area contributed by atoms with Gasteiger partial charge >= 0.3 is 107 Å². The average molecular weight is 325 g/mol. The van der Waals surface area contributed by atoms with Crippen molar-refractivity contribution in [3.05, 3.63) is 29.8 Å². The van der Waals surface area contributed by atoms with E-state index in [0.717, 1.165) is 6.07 Å². The molecule has 0 N–H and O–H groups in total. The Morgan fingerprint density at radius 3 is 2.24 bits per heavy atom. The molecule has 0 aliphatic rings. The van der Waals surface area contributed by atoms with Crippen LogP contribution in [0.25, 0.3) is 0 Å². The van der Waals surface area contributed by atoms with Crippen molar-refractivity contribution in [2.45, 2.75) is 26.9 Å². The van der Waals surface area contributed by atoms with E-state index < -0.39 is 29.7 Å². The van der Waals surface area contributed by atoms with Gasteiger partial charge in [0.1, 0.15) is 0 Å². The molecule has 17 heavy (non-hydrogen) atoms. The van der Waals surface area contributed by atoms with Gasteiger partial charge in [0, 0.05) is 0 Å². The Bertz CT molecular complexity index is 452. The minimum atomic E-state index is -4.32. The molecule has 0 atom stereocenters. The summed E-state index contributed by atoms with van der Waals surface area (Å²) >= 11 is -0.890. The molecule has 0 radical (unpaired) electrons. The topological polar surface area (TPSA) is 12.4 Å². The van der Waals surface area contributed by atoms with Gasteiger partial charge in [-0.2, -0.15) is 0 Å². The van der Waals surface area contributed by atoms with Crippen LogP contribution >= 0.6 is 0 Å². The van der Waals surface area contributed by atoms with Gasteiger partial charge in [0.15, 0.2) is 0 Å². The number of benzene rings is 1. The van der Waals surface area contributed by atoms with Crippen LogP contribution in [0, 0.1) is 5.41 Å². The first-order valence-corrected chi connectivity index (χ1v) is 7.13. The third-order valence-electron chi connectivity index (χ3n) is 1.77. The fourth-order valence-corrected chi connectivity index (χ4v) is 2.61. The molecular weight excluding hydrogens is 311 g/mol. The molecule has 94 valence electrons. The van der Waals surface area contributed by atoms with Crippen LogP contribution in [-0.4, -0.2) is 4.40 Å². The predicted octanol–water partition coefficient (Wildman–Crippen LogP) is 4.45. The standard InChI is InChI=1S/C7H4F3N.C5H10.Mo/c8-7(9,10)5-3-1-2-4-6(5)11;1-5(2,3)4;/h1-4H;1H,2-4H3;. The zero-order valence-electron chi connectivity index (χ0n) is 9.88. The molecule has 0 fully saturated rings. The summed E-state index contributed by atoms with van der Waals surface area (Å²) in [5, 5.41) is 0.